The van der Waals surface area contributed by atoms with Crippen LogP contribution in [0.2, 0.25) is 0 Å². The maximum atomic E-state index is 5.35. The Kier molecular flexibility index (Phi) is 2.18. The Hall–Kier alpha value is -1.74. The van der Waals surface area contributed by atoms with Crippen LogP contribution in [0, 0.1) is 0 Å². The van der Waals surface area contributed by atoms with Gasteiger partial charge < -0.3 is 4.42 Å². The van der Waals surface area contributed by atoms with Crippen molar-refractivity contribution in [2.45, 2.75) is 4.90 Å². The monoisotopic (exact) mass is 227 g/mol. The maximum Gasteiger partial charge on any atom is 0.227 e. The molecule has 0 N–H and O–H groups in total. The molecule has 0 aliphatic rings. The zero-order valence-corrected chi connectivity index (χ0v) is 9.32. The maximum absolute atomic E-state index is 5.35. The minimum Gasteiger partial charge on any atom is -0.444 e. The average molecular weight is 227 g/mol. The SMILES string of the molecule is Sc1ccc2ccccc2c1-c1ncco1. The second kappa shape index (κ2) is 3.68. The number of thiol groups is 1. The Bertz CT molecular complexity index is 631. The molecule has 0 saturated carbocycles. The van der Waals surface area contributed by atoms with Crippen LogP contribution in [0.15, 0.2) is 58.2 Å². The van der Waals surface area contributed by atoms with Gasteiger partial charge in [-0.25, -0.2) is 4.98 Å². The van der Waals surface area contributed by atoms with E-state index in [0.29, 0.717) is 5.89 Å². The molecular formula is C13H9NOS. The molecule has 1 aromatic heterocycles. The Labute approximate surface area is 98.3 Å². The Morgan fingerprint density at radius 2 is 1.94 bits per heavy atom. The Morgan fingerprint density at radius 1 is 1.06 bits per heavy atom. The standard InChI is InChI=1S/C13H9NOS/c16-11-6-5-9-3-1-2-4-10(9)12(11)13-14-7-8-15-13/h1-8,16H. The first kappa shape index (κ1) is 9.48. The second-order valence-corrected chi connectivity index (χ2v) is 4.00. The largest absolute Gasteiger partial charge is 0.444 e. The van der Waals surface area contributed by atoms with Crippen molar-refractivity contribution in [3.63, 3.8) is 0 Å². The van der Waals surface area contributed by atoms with E-state index < -0.39 is 0 Å². The van der Waals surface area contributed by atoms with Crippen molar-refractivity contribution in [1.29, 1.82) is 0 Å². The lowest BCUT2D eigenvalue weighted by Crippen LogP contribution is -1.83. The molecule has 0 fully saturated rings. The highest BCUT2D eigenvalue weighted by Gasteiger charge is 2.10. The number of hydrogen-bond donors (Lipinski definition) is 1. The lowest BCUT2D eigenvalue weighted by molar-refractivity contribution is 0.574. The van der Waals surface area contributed by atoms with E-state index in [4.69, 9.17) is 4.42 Å². The molecule has 0 radical (unpaired) electrons. The Balaban J connectivity index is 2.42. The number of oxazole rings is 1. The predicted molar refractivity (Wildman–Crippen MR) is 66.7 cm³/mol. The molecule has 2 nitrogen and oxygen atoms in total. The molecule has 1 heterocycles. The van der Waals surface area contributed by atoms with Crippen molar-refractivity contribution in [2.75, 3.05) is 0 Å². The number of benzene rings is 2. The van der Waals surface area contributed by atoms with Crippen LogP contribution >= 0.6 is 12.6 Å². The minimum absolute atomic E-state index is 0.613. The van der Waals surface area contributed by atoms with E-state index in [-0.39, 0.29) is 0 Å². The zero-order valence-electron chi connectivity index (χ0n) is 8.42. The molecular weight excluding hydrogens is 218 g/mol. The smallest absolute Gasteiger partial charge is 0.227 e. The van der Waals surface area contributed by atoms with Crippen LogP contribution in [0.25, 0.3) is 22.2 Å². The van der Waals surface area contributed by atoms with Crippen LogP contribution in [0.5, 0.6) is 0 Å². The van der Waals surface area contributed by atoms with Crippen molar-refractivity contribution >= 4 is 23.4 Å². The van der Waals surface area contributed by atoms with Gasteiger partial charge in [0.2, 0.25) is 5.89 Å². The number of rotatable bonds is 1. The predicted octanol–water partition coefficient (Wildman–Crippen LogP) is 3.78. The summed E-state index contributed by atoms with van der Waals surface area (Å²) in [6.45, 7) is 0. The quantitative estimate of drug-likeness (QED) is 0.640. The van der Waals surface area contributed by atoms with Crippen molar-refractivity contribution in [3.05, 3.63) is 48.9 Å². The van der Waals surface area contributed by atoms with Crippen LogP contribution in [0.1, 0.15) is 0 Å². The van der Waals surface area contributed by atoms with Gasteiger partial charge in [-0.15, -0.1) is 12.6 Å². The summed E-state index contributed by atoms with van der Waals surface area (Å²) in [7, 11) is 0. The van der Waals surface area contributed by atoms with Gasteiger partial charge in [0.25, 0.3) is 0 Å². The van der Waals surface area contributed by atoms with Gasteiger partial charge in [-0.2, -0.15) is 0 Å². The topological polar surface area (TPSA) is 26.0 Å². The van der Waals surface area contributed by atoms with Crippen molar-refractivity contribution < 1.29 is 4.42 Å². The third kappa shape index (κ3) is 1.41. The molecule has 3 rings (SSSR count). The molecule has 2 aromatic carbocycles. The summed E-state index contributed by atoms with van der Waals surface area (Å²) in [6.07, 6.45) is 3.22. The minimum atomic E-state index is 0.613. The van der Waals surface area contributed by atoms with Crippen LogP contribution in [0.3, 0.4) is 0 Å². The number of aromatic nitrogens is 1. The van der Waals surface area contributed by atoms with Crippen LogP contribution in [-0.2, 0) is 0 Å². The number of fused-ring (bicyclic) bond motifs is 1. The van der Waals surface area contributed by atoms with E-state index in [2.05, 4.69) is 29.7 Å². The fourth-order valence-corrected chi connectivity index (χ4v) is 2.12. The zero-order chi connectivity index (χ0) is 11.0. The molecule has 0 amide bonds. The van der Waals surface area contributed by atoms with E-state index in [1.807, 2.05) is 24.3 Å². The summed E-state index contributed by atoms with van der Waals surface area (Å²) >= 11 is 4.46. The molecule has 0 saturated heterocycles. The van der Waals surface area contributed by atoms with Crippen LogP contribution in [-0.4, -0.2) is 4.98 Å². The molecule has 0 bridgehead atoms. The summed E-state index contributed by atoms with van der Waals surface area (Å²) in [4.78, 5) is 5.06. The molecule has 0 atom stereocenters. The average Bonchev–Trinajstić information content (AvgIpc) is 2.82. The highest BCUT2D eigenvalue weighted by molar-refractivity contribution is 7.80. The molecule has 16 heavy (non-hydrogen) atoms. The molecule has 3 heteroatoms. The first-order valence-corrected chi connectivity index (χ1v) is 5.41. The fraction of sp³-hybridized carbons (Fsp3) is 0. The highest BCUT2D eigenvalue weighted by Crippen LogP contribution is 2.32. The normalized spacial score (nSPS) is 10.8. The van der Waals surface area contributed by atoms with Gasteiger partial charge in [0.15, 0.2) is 0 Å². The molecule has 0 unspecified atom stereocenters. The van der Waals surface area contributed by atoms with E-state index in [1.54, 1.807) is 12.5 Å². The van der Waals surface area contributed by atoms with Crippen molar-refractivity contribution in [3.8, 4) is 11.5 Å². The highest BCUT2D eigenvalue weighted by atomic mass is 32.1. The fourth-order valence-electron chi connectivity index (χ4n) is 1.83. The second-order valence-electron chi connectivity index (χ2n) is 3.52. The summed E-state index contributed by atoms with van der Waals surface area (Å²) in [5.41, 5.74) is 0.950. The van der Waals surface area contributed by atoms with Gasteiger partial charge in [-0.3, -0.25) is 0 Å². The van der Waals surface area contributed by atoms with Gasteiger partial charge in [-0.1, -0.05) is 30.3 Å². The van der Waals surface area contributed by atoms with E-state index in [9.17, 15) is 0 Å². The molecule has 0 aliphatic heterocycles. The number of nitrogens with zero attached hydrogens (tertiary/aromatic N) is 1. The summed E-state index contributed by atoms with van der Waals surface area (Å²) in [5, 5.41) is 2.27. The first-order chi connectivity index (χ1) is 7.86. The molecule has 0 spiro atoms. The van der Waals surface area contributed by atoms with Gasteiger partial charge in [0.05, 0.1) is 11.8 Å². The van der Waals surface area contributed by atoms with Gasteiger partial charge in [0, 0.05) is 4.90 Å². The van der Waals surface area contributed by atoms with Gasteiger partial charge in [0.1, 0.15) is 6.26 Å². The van der Waals surface area contributed by atoms with Gasteiger partial charge in [-0.05, 0) is 16.8 Å². The molecule has 3 aromatic rings. The first-order valence-electron chi connectivity index (χ1n) is 4.97. The van der Waals surface area contributed by atoms with E-state index in [1.165, 1.54) is 0 Å². The van der Waals surface area contributed by atoms with E-state index >= 15 is 0 Å². The lowest BCUT2D eigenvalue weighted by Gasteiger charge is -2.05. The van der Waals surface area contributed by atoms with E-state index in [0.717, 1.165) is 21.2 Å². The lowest BCUT2D eigenvalue weighted by atomic mass is 10.0. The molecule has 78 valence electrons. The van der Waals surface area contributed by atoms with Gasteiger partial charge >= 0.3 is 0 Å². The van der Waals surface area contributed by atoms with Crippen LogP contribution < -0.4 is 0 Å². The van der Waals surface area contributed by atoms with Crippen LogP contribution in [0.4, 0.5) is 0 Å². The van der Waals surface area contributed by atoms with Crippen molar-refractivity contribution in [1.82, 2.24) is 4.98 Å². The third-order valence-electron chi connectivity index (χ3n) is 2.55. The third-order valence-corrected chi connectivity index (χ3v) is 2.93. The summed E-state index contributed by atoms with van der Waals surface area (Å²) in [5.74, 6) is 0.613. The van der Waals surface area contributed by atoms with Crippen molar-refractivity contribution in [2.24, 2.45) is 0 Å². The Morgan fingerprint density at radius 3 is 2.75 bits per heavy atom. The summed E-state index contributed by atoms with van der Waals surface area (Å²) < 4.78 is 5.35. The number of hydrogen-bond acceptors (Lipinski definition) is 3. The molecule has 0 aliphatic carbocycles. The summed E-state index contributed by atoms with van der Waals surface area (Å²) in [6, 6.07) is 12.1.